The summed E-state index contributed by atoms with van der Waals surface area (Å²) < 4.78 is 0. The minimum Gasteiger partial charge on any atom is -0.480 e. The lowest BCUT2D eigenvalue weighted by Crippen LogP contribution is -2.50. The normalized spacial score (nSPS) is 37.1. The number of fused-ring (bicyclic) bond motifs is 2. The summed E-state index contributed by atoms with van der Waals surface area (Å²) in [6.07, 6.45) is 6.57. The lowest BCUT2D eigenvalue weighted by atomic mass is 9.84. The lowest BCUT2D eigenvalue weighted by molar-refractivity contribution is -0.141. The van der Waals surface area contributed by atoms with Gasteiger partial charge in [0.25, 0.3) is 0 Å². The van der Waals surface area contributed by atoms with Crippen LogP contribution in [0.4, 0.5) is 4.79 Å². The number of carboxylic acids is 1. The monoisotopic (exact) mass is 280 g/mol. The molecule has 112 valence electrons. The summed E-state index contributed by atoms with van der Waals surface area (Å²) in [5.41, 5.74) is 0. The fourth-order valence-electron chi connectivity index (χ4n) is 4.56. The maximum Gasteiger partial charge on any atom is 0.326 e. The van der Waals surface area contributed by atoms with Crippen LogP contribution >= 0.6 is 0 Å². The predicted molar refractivity (Wildman–Crippen MR) is 74.3 cm³/mol. The number of urea groups is 1. The average Bonchev–Trinajstić information content (AvgIpc) is 3.13. The summed E-state index contributed by atoms with van der Waals surface area (Å²) in [7, 11) is 0. The van der Waals surface area contributed by atoms with E-state index in [1.165, 1.54) is 30.6 Å². The van der Waals surface area contributed by atoms with Crippen molar-refractivity contribution in [3.05, 3.63) is 0 Å². The number of hydrogen-bond acceptors (Lipinski definition) is 2. The summed E-state index contributed by atoms with van der Waals surface area (Å²) in [5.74, 6) is 1.33. The molecule has 1 heterocycles. The third-order valence-corrected chi connectivity index (χ3v) is 5.58. The highest BCUT2D eigenvalue weighted by molar-refractivity contribution is 5.83. The van der Waals surface area contributed by atoms with Gasteiger partial charge in [0.15, 0.2) is 0 Å². The number of rotatable bonds is 3. The van der Waals surface area contributed by atoms with Gasteiger partial charge in [-0.3, -0.25) is 0 Å². The molecule has 2 aliphatic carbocycles. The molecule has 3 rings (SSSR count). The fraction of sp³-hybridized carbons (Fsp3) is 0.867. The highest BCUT2D eigenvalue weighted by Gasteiger charge is 2.43. The van der Waals surface area contributed by atoms with Crippen LogP contribution in [0.2, 0.25) is 0 Å². The molecule has 5 atom stereocenters. The Labute approximate surface area is 119 Å². The average molecular weight is 280 g/mol. The second-order valence-electron chi connectivity index (χ2n) is 6.77. The SMILES string of the molecule is CC(NC(=O)N1CCC[C@H]1C(=O)O)C1CC2CCC1C2. The first-order valence-electron chi connectivity index (χ1n) is 7.86. The molecule has 0 radical (unpaired) electrons. The Morgan fingerprint density at radius 3 is 2.65 bits per heavy atom. The van der Waals surface area contributed by atoms with Crippen molar-refractivity contribution >= 4 is 12.0 Å². The first-order valence-corrected chi connectivity index (χ1v) is 7.86. The van der Waals surface area contributed by atoms with Crippen LogP contribution in [-0.2, 0) is 4.79 Å². The van der Waals surface area contributed by atoms with Gasteiger partial charge in [-0.15, -0.1) is 0 Å². The van der Waals surface area contributed by atoms with Crippen molar-refractivity contribution in [2.75, 3.05) is 6.54 Å². The van der Waals surface area contributed by atoms with Crippen LogP contribution in [0.1, 0.15) is 45.4 Å². The molecule has 5 nitrogen and oxygen atoms in total. The Morgan fingerprint density at radius 1 is 1.25 bits per heavy atom. The van der Waals surface area contributed by atoms with Gasteiger partial charge in [0.2, 0.25) is 0 Å². The quantitative estimate of drug-likeness (QED) is 0.831. The molecular formula is C15H24N2O3. The van der Waals surface area contributed by atoms with Crippen LogP contribution in [0, 0.1) is 17.8 Å². The third kappa shape index (κ3) is 2.38. The number of likely N-dealkylation sites (tertiary alicyclic amines) is 1. The summed E-state index contributed by atoms with van der Waals surface area (Å²) in [6, 6.07) is -0.666. The smallest absolute Gasteiger partial charge is 0.326 e. The Balaban J connectivity index is 1.57. The molecule has 0 aromatic carbocycles. The molecule has 0 aromatic heterocycles. The van der Waals surface area contributed by atoms with Gasteiger partial charge in [-0.1, -0.05) is 6.42 Å². The number of hydrogen-bond donors (Lipinski definition) is 2. The minimum absolute atomic E-state index is 0.160. The molecular weight excluding hydrogens is 256 g/mol. The Hall–Kier alpha value is -1.26. The van der Waals surface area contributed by atoms with Crippen LogP contribution in [-0.4, -0.2) is 40.6 Å². The van der Waals surface area contributed by atoms with Crippen LogP contribution in [0.5, 0.6) is 0 Å². The molecule has 4 unspecified atom stereocenters. The Morgan fingerprint density at radius 2 is 2.05 bits per heavy atom. The summed E-state index contributed by atoms with van der Waals surface area (Å²) in [6.45, 7) is 2.64. The van der Waals surface area contributed by atoms with E-state index in [1.54, 1.807) is 0 Å². The fourth-order valence-corrected chi connectivity index (χ4v) is 4.56. The van der Waals surface area contributed by atoms with E-state index in [4.69, 9.17) is 5.11 Å². The third-order valence-electron chi connectivity index (χ3n) is 5.58. The van der Waals surface area contributed by atoms with Crippen LogP contribution in [0.15, 0.2) is 0 Å². The van der Waals surface area contributed by atoms with Gasteiger partial charge in [0, 0.05) is 12.6 Å². The number of carbonyl (C=O) groups excluding carboxylic acids is 1. The number of nitrogens with zero attached hydrogens (tertiary/aromatic N) is 1. The molecule has 3 fully saturated rings. The molecule has 2 amide bonds. The standard InChI is InChI=1S/C15H24N2O3/c1-9(12-8-10-4-5-11(12)7-10)16-15(20)17-6-2-3-13(17)14(18)19/h9-13H,2-8H2,1H3,(H,16,20)(H,18,19)/t9?,10?,11?,12?,13-/m0/s1. The molecule has 1 aliphatic heterocycles. The van der Waals surface area contributed by atoms with E-state index < -0.39 is 12.0 Å². The maximum atomic E-state index is 12.3. The van der Waals surface area contributed by atoms with Crippen molar-refractivity contribution in [1.82, 2.24) is 10.2 Å². The lowest BCUT2D eigenvalue weighted by Gasteiger charge is -2.31. The zero-order valence-corrected chi connectivity index (χ0v) is 12.0. The van der Waals surface area contributed by atoms with Crippen molar-refractivity contribution in [2.45, 2.75) is 57.5 Å². The van der Waals surface area contributed by atoms with E-state index in [2.05, 4.69) is 12.2 Å². The van der Waals surface area contributed by atoms with E-state index >= 15 is 0 Å². The molecule has 0 spiro atoms. The largest absolute Gasteiger partial charge is 0.480 e. The number of carboxylic acid groups (broad SMARTS) is 1. The van der Waals surface area contributed by atoms with Crippen molar-refractivity contribution in [3.63, 3.8) is 0 Å². The van der Waals surface area contributed by atoms with E-state index in [0.717, 1.165) is 18.3 Å². The van der Waals surface area contributed by atoms with Gasteiger partial charge in [-0.2, -0.15) is 0 Å². The maximum absolute atomic E-state index is 12.3. The van der Waals surface area contributed by atoms with Crippen LogP contribution in [0.3, 0.4) is 0 Å². The second-order valence-corrected chi connectivity index (χ2v) is 6.77. The van der Waals surface area contributed by atoms with Crippen LogP contribution < -0.4 is 5.32 Å². The molecule has 20 heavy (non-hydrogen) atoms. The first-order chi connectivity index (χ1) is 9.56. The van der Waals surface area contributed by atoms with Crippen LogP contribution in [0.25, 0.3) is 0 Å². The van der Waals surface area contributed by atoms with E-state index in [1.807, 2.05) is 0 Å². The van der Waals surface area contributed by atoms with Crippen molar-refractivity contribution in [2.24, 2.45) is 17.8 Å². The van der Waals surface area contributed by atoms with Crippen molar-refractivity contribution < 1.29 is 14.7 Å². The van der Waals surface area contributed by atoms with E-state index in [0.29, 0.717) is 18.9 Å². The van der Waals surface area contributed by atoms with Gasteiger partial charge in [-0.25, -0.2) is 9.59 Å². The second kappa shape index (κ2) is 5.26. The highest BCUT2D eigenvalue weighted by Crippen LogP contribution is 2.49. The molecule has 2 bridgehead atoms. The zero-order chi connectivity index (χ0) is 14.3. The number of carbonyl (C=O) groups is 2. The first kappa shape index (κ1) is 13.7. The van der Waals surface area contributed by atoms with E-state index in [9.17, 15) is 9.59 Å². The molecule has 3 aliphatic rings. The summed E-state index contributed by atoms with van der Waals surface area (Å²) in [5, 5.41) is 12.2. The van der Waals surface area contributed by atoms with Gasteiger partial charge in [0.05, 0.1) is 0 Å². The van der Waals surface area contributed by atoms with Gasteiger partial charge < -0.3 is 15.3 Å². The van der Waals surface area contributed by atoms with E-state index in [-0.39, 0.29) is 12.1 Å². The van der Waals surface area contributed by atoms with Gasteiger partial charge >= 0.3 is 12.0 Å². The molecule has 2 N–H and O–H groups in total. The highest BCUT2D eigenvalue weighted by atomic mass is 16.4. The summed E-state index contributed by atoms with van der Waals surface area (Å²) in [4.78, 5) is 24.9. The zero-order valence-electron chi connectivity index (χ0n) is 12.0. The van der Waals surface area contributed by atoms with Gasteiger partial charge in [0.1, 0.15) is 6.04 Å². The number of nitrogens with one attached hydrogen (secondary N) is 1. The molecule has 2 saturated carbocycles. The van der Waals surface area contributed by atoms with Crippen molar-refractivity contribution in [3.8, 4) is 0 Å². The predicted octanol–water partition coefficient (Wildman–Crippen LogP) is 2.07. The molecule has 0 aromatic rings. The molecule has 1 saturated heterocycles. The number of aliphatic carboxylic acids is 1. The van der Waals surface area contributed by atoms with Gasteiger partial charge in [-0.05, 0) is 56.8 Å². The molecule has 5 heteroatoms. The minimum atomic E-state index is -0.884. The number of amides is 2. The Kier molecular flexibility index (Phi) is 3.61. The Bertz CT molecular complexity index is 412. The topological polar surface area (TPSA) is 69.6 Å². The van der Waals surface area contributed by atoms with Crippen molar-refractivity contribution in [1.29, 1.82) is 0 Å². The summed E-state index contributed by atoms with van der Waals surface area (Å²) >= 11 is 0.